The van der Waals surface area contributed by atoms with E-state index in [-0.39, 0.29) is 11.7 Å². The third kappa shape index (κ3) is 1.40. The Kier molecular flexibility index (Phi) is 1.83. The quantitative estimate of drug-likeness (QED) is 0.632. The van der Waals surface area contributed by atoms with Crippen LogP contribution in [0.2, 0.25) is 0 Å². The molecule has 3 nitrogen and oxygen atoms in total. The molecule has 58 valence electrons. The Morgan fingerprint density at radius 1 is 1.80 bits per heavy atom. The van der Waals surface area contributed by atoms with Gasteiger partial charge in [-0.2, -0.15) is 0 Å². The number of alkyl carbamates (subject to hydrolysis) is 1. The summed E-state index contributed by atoms with van der Waals surface area (Å²) < 4.78 is 5.04. The first kappa shape index (κ1) is 7.38. The lowest BCUT2D eigenvalue weighted by atomic mass is 10.0. The molecule has 1 unspecified atom stereocenters. The van der Waals surface area contributed by atoms with E-state index in [1.807, 2.05) is 6.92 Å². The highest BCUT2D eigenvalue weighted by atomic mass is 16.6. The molecule has 1 N–H and O–H groups in total. The lowest BCUT2D eigenvalue weighted by Gasteiger charge is -2.19. The zero-order chi connectivity index (χ0) is 7.61. The van der Waals surface area contributed by atoms with Crippen molar-refractivity contribution in [1.29, 1.82) is 0 Å². The first-order chi connectivity index (χ1) is 4.66. The molecule has 0 aromatic rings. The number of hydrogen-bond acceptors (Lipinski definition) is 2. The first-order valence-electron chi connectivity index (χ1n) is 3.63. The predicted molar refractivity (Wildman–Crippen MR) is 37.8 cm³/mol. The molecule has 0 radical (unpaired) electrons. The number of rotatable bonds is 2. The van der Waals surface area contributed by atoms with Crippen LogP contribution in [0, 0.1) is 0 Å². The van der Waals surface area contributed by atoms with Crippen LogP contribution in [0.25, 0.3) is 0 Å². The number of nitrogens with one attached hydrogen (secondary N) is 1. The molecule has 0 saturated carbocycles. The fraction of sp³-hybridized carbons (Fsp3) is 0.857. The molecular weight excluding hydrogens is 130 g/mol. The van der Waals surface area contributed by atoms with Crippen LogP contribution in [0.4, 0.5) is 4.79 Å². The van der Waals surface area contributed by atoms with Gasteiger partial charge >= 0.3 is 6.09 Å². The maximum atomic E-state index is 10.6. The predicted octanol–water partition coefficient (Wildman–Crippen LogP) is 1.28. The summed E-state index contributed by atoms with van der Waals surface area (Å²) in [4.78, 5) is 10.6. The molecule has 3 heteroatoms. The average molecular weight is 143 g/mol. The minimum absolute atomic E-state index is 0.244. The fourth-order valence-corrected chi connectivity index (χ4v) is 1.22. The summed E-state index contributed by atoms with van der Waals surface area (Å²) in [7, 11) is 0. The van der Waals surface area contributed by atoms with Crippen molar-refractivity contribution >= 4 is 6.09 Å². The highest BCUT2D eigenvalue weighted by Gasteiger charge is 2.34. The van der Waals surface area contributed by atoms with Gasteiger partial charge in [0.05, 0.1) is 6.54 Å². The van der Waals surface area contributed by atoms with Gasteiger partial charge < -0.3 is 10.1 Å². The van der Waals surface area contributed by atoms with Gasteiger partial charge in [-0.15, -0.1) is 0 Å². The summed E-state index contributed by atoms with van der Waals surface area (Å²) in [6.07, 6.45) is 1.70. The van der Waals surface area contributed by atoms with Gasteiger partial charge in [0.25, 0.3) is 0 Å². The topological polar surface area (TPSA) is 38.3 Å². The zero-order valence-corrected chi connectivity index (χ0v) is 6.44. The molecule has 1 aliphatic rings. The zero-order valence-electron chi connectivity index (χ0n) is 6.44. The fourth-order valence-electron chi connectivity index (χ4n) is 1.22. The Balaban J connectivity index is 2.46. The van der Waals surface area contributed by atoms with Crippen molar-refractivity contribution in [2.75, 3.05) is 6.54 Å². The lowest BCUT2D eigenvalue weighted by molar-refractivity contribution is 0.0646. The van der Waals surface area contributed by atoms with Gasteiger partial charge in [0, 0.05) is 0 Å². The molecule has 0 aromatic carbocycles. The van der Waals surface area contributed by atoms with E-state index < -0.39 is 0 Å². The molecule has 1 amide bonds. The van der Waals surface area contributed by atoms with E-state index in [1.54, 1.807) is 0 Å². The van der Waals surface area contributed by atoms with Crippen molar-refractivity contribution in [3.8, 4) is 0 Å². The highest BCUT2D eigenvalue weighted by molar-refractivity contribution is 5.70. The molecule has 0 aliphatic carbocycles. The number of amides is 1. The second kappa shape index (κ2) is 2.48. The van der Waals surface area contributed by atoms with E-state index in [4.69, 9.17) is 4.74 Å². The molecule has 0 spiro atoms. The standard InChI is InChI=1S/C7H13NO2/c1-3-4-7(2)5-8-6(9)10-7/h3-5H2,1-2H3,(H,8,9). The molecule has 1 aliphatic heterocycles. The summed E-state index contributed by atoms with van der Waals surface area (Å²) in [5.74, 6) is 0. The normalized spacial score (nSPS) is 31.6. The van der Waals surface area contributed by atoms with Crippen molar-refractivity contribution in [1.82, 2.24) is 5.32 Å². The summed E-state index contributed by atoms with van der Waals surface area (Å²) >= 11 is 0. The maximum absolute atomic E-state index is 10.6. The van der Waals surface area contributed by atoms with Gasteiger partial charge in [0.15, 0.2) is 0 Å². The minimum Gasteiger partial charge on any atom is -0.441 e. The van der Waals surface area contributed by atoms with Gasteiger partial charge in [-0.1, -0.05) is 13.3 Å². The van der Waals surface area contributed by atoms with E-state index in [1.165, 1.54) is 0 Å². The van der Waals surface area contributed by atoms with Crippen molar-refractivity contribution in [3.63, 3.8) is 0 Å². The van der Waals surface area contributed by atoms with Crippen LogP contribution < -0.4 is 5.32 Å². The molecule has 1 atom stereocenters. The van der Waals surface area contributed by atoms with Crippen LogP contribution in [0.1, 0.15) is 26.7 Å². The third-order valence-corrected chi connectivity index (χ3v) is 1.72. The van der Waals surface area contributed by atoms with Gasteiger partial charge in [0.1, 0.15) is 5.60 Å². The Labute approximate surface area is 60.7 Å². The lowest BCUT2D eigenvalue weighted by Crippen LogP contribution is -2.28. The van der Waals surface area contributed by atoms with E-state index in [2.05, 4.69) is 12.2 Å². The van der Waals surface area contributed by atoms with Gasteiger partial charge in [-0.3, -0.25) is 0 Å². The van der Waals surface area contributed by atoms with Crippen LogP contribution in [0.15, 0.2) is 0 Å². The molecular formula is C7H13NO2. The van der Waals surface area contributed by atoms with E-state index in [9.17, 15) is 4.79 Å². The van der Waals surface area contributed by atoms with E-state index in [0.29, 0.717) is 6.54 Å². The average Bonchev–Trinajstić information content (AvgIpc) is 2.12. The highest BCUT2D eigenvalue weighted by Crippen LogP contribution is 2.20. The Bertz CT molecular complexity index is 147. The summed E-state index contributed by atoms with van der Waals surface area (Å²) in [5, 5.41) is 2.63. The molecule has 10 heavy (non-hydrogen) atoms. The molecule has 1 rings (SSSR count). The third-order valence-electron chi connectivity index (χ3n) is 1.72. The SMILES string of the molecule is CCCC1(C)CNC(=O)O1. The number of hydrogen-bond donors (Lipinski definition) is 1. The van der Waals surface area contributed by atoms with Crippen LogP contribution in [0.5, 0.6) is 0 Å². The van der Waals surface area contributed by atoms with Gasteiger partial charge in [0.2, 0.25) is 0 Å². The summed E-state index contributed by atoms with van der Waals surface area (Å²) in [6, 6.07) is 0. The number of cyclic esters (lactones) is 1. The summed E-state index contributed by atoms with van der Waals surface area (Å²) in [5.41, 5.74) is -0.244. The largest absolute Gasteiger partial charge is 0.441 e. The van der Waals surface area contributed by atoms with Crippen LogP contribution in [0.3, 0.4) is 0 Å². The van der Waals surface area contributed by atoms with Gasteiger partial charge in [-0.25, -0.2) is 4.79 Å². The van der Waals surface area contributed by atoms with Crippen molar-refractivity contribution in [3.05, 3.63) is 0 Å². The summed E-state index contributed by atoms with van der Waals surface area (Å²) in [6.45, 7) is 4.69. The second-order valence-corrected chi connectivity index (χ2v) is 2.94. The number of carbonyl (C=O) groups is 1. The molecule has 1 heterocycles. The number of carbonyl (C=O) groups excluding carboxylic acids is 1. The number of ether oxygens (including phenoxy) is 1. The van der Waals surface area contributed by atoms with Crippen LogP contribution in [-0.2, 0) is 4.74 Å². The molecule has 0 aromatic heterocycles. The minimum atomic E-state index is -0.282. The Morgan fingerprint density at radius 3 is 2.90 bits per heavy atom. The maximum Gasteiger partial charge on any atom is 0.407 e. The first-order valence-corrected chi connectivity index (χ1v) is 3.63. The Hall–Kier alpha value is -0.730. The smallest absolute Gasteiger partial charge is 0.407 e. The van der Waals surface area contributed by atoms with Crippen molar-refractivity contribution in [2.45, 2.75) is 32.3 Å². The van der Waals surface area contributed by atoms with Gasteiger partial charge in [-0.05, 0) is 13.3 Å². The Morgan fingerprint density at radius 2 is 2.50 bits per heavy atom. The van der Waals surface area contributed by atoms with E-state index >= 15 is 0 Å². The monoisotopic (exact) mass is 143 g/mol. The molecule has 0 bridgehead atoms. The van der Waals surface area contributed by atoms with Crippen molar-refractivity contribution < 1.29 is 9.53 Å². The van der Waals surface area contributed by atoms with Crippen molar-refractivity contribution in [2.24, 2.45) is 0 Å². The second-order valence-electron chi connectivity index (χ2n) is 2.94. The van der Waals surface area contributed by atoms with Crippen LogP contribution in [-0.4, -0.2) is 18.2 Å². The molecule has 1 fully saturated rings. The molecule has 1 saturated heterocycles. The van der Waals surface area contributed by atoms with Crippen LogP contribution >= 0.6 is 0 Å². The van der Waals surface area contributed by atoms with E-state index in [0.717, 1.165) is 12.8 Å².